The molecule has 14 heteroatoms. The van der Waals surface area contributed by atoms with Gasteiger partial charge in [0.05, 0.1) is 11.9 Å². The number of carboxylic acids is 1. The molecule has 3 N–H and O–H groups in total. The van der Waals surface area contributed by atoms with E-state index in [-0.39, 0.29) is 52.8 Å². The fraction of sp³-hybridized carbons (Fsp3) is 0.500. The van der Waals surface area contributed by atoms with E-state index in [1.54, 1.807) is 6.08 Å². The Bertz CT molecular complexity index is 1070. The number of carboxylic acid groups (broad SMARTS) is 1. The van der Waals surface area contributed by atoms with Crippen molar-refractivity contribution in [3.05, 3.63) is 29.1 Å². The third-order valence-corrected chi connectivity index (χ3v) is 8.20. The molecule has 0 bridgehead atoms. The number of aromatic nitrogens is 3. The average molecular weight is 514 g/mol. The van der Waals surface area contributed by atoms with Crippen LogP contribution in [0.2, 0.25) is 0 Å². The third-order valence-electron chi connectivity index (χ3n) is 6.00. The van der Waals surface area contributed by atoms with Gasteiger partial charge in [0.15, 0.2) is 0 Å². The van der Waals surface area contributed by atoms with Crippen LogP contribution < -0.4 is 5.32 Å². The Hall–Kier alpha value is -1.80. The van der Waals surface area contributed by atoms with Gasteiger partial charge in [-0.05, 0) is 36.8 Å². The van der Waals surface area contributed by atoms with Crippen molar-refractivity contribution >= 4 is 76.8 Å². The van der Waals surface area contributed by atoms with E-state index in [4.69, 9.17) is 0 Å². The fourth-order valence-electron chi connectivity index (χ4n) is 4.17. The van der Waals surface area contributed by atoms with Crippen molar-refractivity contribution in [1.82, 2.24) is 30.5 Å². The molecule has 4 aliphatic rings. The number of rotatable bonds is 8. The Labute approximate surface area is 225 Å². The van der Waals surface area contributed by atoms with Crippen molar-refractivity contribution in [3.63, 3.8) is 0 Å². The van der Waals surface area contributed by atoms with Gasteiger partial charge in [0, 0.05) is 54.0 Å². The Morgan fingerprint density at radius 3 is 2.82 bits per heavy atom. The molecule has 1 aromatic heterocycles. The first-order valence-electron chi connectivity index (χ1n) is 10.6. The van der Waals surface area contributed by atoms with Crippen LogP contribution in [0.5, 0.6) is 0 Å². The summed E-state index contributed by atoms with van der Waals surface area (Å²) >= 11 is 2.56. The molecule has 11 nitrogen and oxygen atoms in total. The molecule has 175 valence electrons. The molecule has 34 heavy (non-hydrogen) atoms. The summed E-state index contributed by atoms with van der Waals surface area (Å²) in [4.78, 5) is 52.8. The number of carbonyl (C=O) groups excluding carboxylic acids is 3. The Balaban J connectivity index is 0.00000274. The quantitative estimate of drug-likeness (QED) is 0.186. The van der Waals surface area contributed by atoms with Gasteiger partial charge in [0.25, 0.3) is 5.91 Å². The molecular formula is C20H22N6NaO5S2. The number of nitrogens with zero attached hydrogens (tertiary/aromatic N) is 4. The molecule has 0 spiro atoms. The number of H-pyrrole nitrogens is 1. The maximum absolute atomic E-state index is 12.8. The van der Waals surface area contributed by atoms with Gasteiger partial charge in [-0.1, -0.05) is 11.8 Å². The van der Waals surface area contributed by atoms with E-state index in [2.05, 4.69) is 20.7 Å². The predicted molar refractivity (Wildman–Crippen MR) is 125 cm³/mol. The summed E-state index contributed by atoms with van der Waals surface area (Å²) in [5.41, 5.74) is 0.943. The zero-order chi connectivity index (χ0) is 23.1. The first-order valence-corrected chi connectivity index (χ1v) is 12.6. The molecule has 3 fully saturated rings. The molecule has 3 aliphatic heterocycles. The zero-order valence-electron chi connectivity index (χ0n) is 18.5. The third kappa shape index (κ3) is 5.08. The van der Waals surface area contributed by atoms with Crippen molar-refractivity contribution < 1.29 is 24.3 Å². The number of hydrogen-bond acceptors (Lipinski definition) is 8. The second kappa shape index (κ2) is 10.4. The standard InChI is InChI=1S/C20H22N6O5S2.Na/c27-13(9-32-14-6-21-24-23-14)22-15-18(29)26-16(20(30)31)12(8-33-19(15)26)5-11-3-4-25(17(11)28)7-10-1-2-10;/h5-6,10,15,19H,1-4,7-9H2,(H,22,27)(H,30,31)(H,21,23,24);/t15-,19-;/m1./s1. The van der Waals surface area contributed by atoms with Gasteiger partial charge in [0.1, 0.15) is 22.1 Å². The number of fused-ring (bicyclic) bond motifs is 1. The second-order valence-electron chi connectivity index (χ2n) is 8.35. The van der Waals surface area contributed by atoms with Crippen LogP contribution in [0.4, 0.5) is 0 Å². The fourth-order valence-corrected chi connectivity index (χ4v) is 6.07. The van der Waals surface area contributed by atoms with E-state index in [0.29, 0.717) is 40.8 Å². The summed E-state index contributed by atoms with van der Waals surface area (Å²) in [6, 6.07) is -0.786. The molecule has 0 aromatic carbocycles. The number of aromatic amines is 1. The SMILES string of the molecule is O=C(CSc1cn[nH]n1)N[C@@H]1C(=O)N2C(C(=O)O)=C(C=C3CCN(CC4CC4)C3=O)CS[C@H]12.[Na]. The van der Waals surface area contributed by atoms with Crippen LogP contribution in [-0.4, -0.2) is 120 Å². The minimum atomic E-state index is -1.22. The second-order valence-corrected chi connectivity index (χ2v) is 10.4. The van der Waals surface area contributed by atoms with Gasteiger partial charge < -0.3 is 15.3 Å². The van der Waals surface area contributed by atoms with Gasteiger partial charge in [-0.2, -0.15) is 10.3 Å². The number of aliphatic carboxylic acids is 1. The molecule has 4 heterocycles. The number of thioether (sulfide) groups is 2. The molecule has 1 radical (unpaired) electrons. The summed E-state index contributed by atoms with van der Waals surface area (Å²) in [6.07, 6.45) is 6.03. The minimum absolute atomic E-state index is 0. The summed E-state index contributed by atoms with van der Waals surface area (Å²) in [5, 5.41) is 22.6. The molecule has 3 amide bonds. The number of hydrogen-bond donors (Lipinski definition) is 3. The molecule has 1 aliphatic carbocycles. The molecular weight excluding hydrogens is 491 g/mol. The zero-order valence-corrected chi connectivity index (χ0v) is 22.2. The Morgan fingerprint density at radius 1 is 1.35 bits per heavy atom. The topological polar surface area (TPSA) is 149 Å². The largest absolute Gasteiger partial charge is 0.477 e. The van der Waals surface area contributed by atoms with Crippen LogP contribution in [0.15, 0.2) is 34.1 Å². The van der Waals surface area contributed by atoms with Crippen molar-refractivity contribution in [2.75, 3.05) is 24.6 Å². The van der Waals surface area contributed by atoms with E-state index in [9.17, 15) is 24.3 Å². The number of carbonyl (C=O) groups is 4. The molecule has 2 atom stereocenters. The van der Waals surface area contributed by atoms with Crippen molar-refractivity contribution in [2.24, 2.45) is 5.92 Å². The van der Waals surface area contributed by atoms with Crippen LogP contribution in [0.1, 0.15) is 19.3 Å². The number of likely N-dealkylation sites (tertiary alicyclic amines) is 1. The average Bonchev–Trinajstić information content (AvgIpc) is 3.34. The van der Waals surface area contributed by atoms with Crippen LogP contribution in [-0.2, 0) is 19.2 Å². The number of allylic oxidation sites excluding steroid dienone is 1. The van der Waals surface area contributed by atoms with E-state index in [1.165, 1.54) is 34.6 Å². The van der Waals surface area contributed by atoms with E-state index in [0.717, 1.165) is 19.4 Å². The minimum Gasteiger partial charge on any atom is -0.477 e. The molecule has 1 saturated carbocycles. The number of nitrogens with one attached hydrogen (secondary N) is 2. The summed E-state index contributed by atoms with van der Waals surface area (Å²) in [7, 11) is 0. The Morgan fingerprint density at radius 2 is 2.15 bits per heavy atom. The van der Waals surface area contributed by atoms with Crippen LogP contribution in [0, 0.1) is 5.92 Å². The Kier molecular flexibility index (Phi) is 7.77. The van der Waals surface area contributed by atoms with Crippen molar-refractivity contribution in [1.29, 1.82) is 0 Å². The summed E-state index contributed by atoms with van der Waals surface area (Å²) in [6.45, 7) is 1.41. The summed E-state index contributed by atoms with van der Waals surface area (Å²) < 4.78 is 0. The van der Waals surface area contributed by atoms with Gasteiger partial charge in [-0.3, -0.25) is 19.3 Å². The number of amides is 3. The van der Waals surface area contributed by atoms with E-state index >= 15 is 0 Å². The van der Waals surface area contributed by atoms with E-state index in [1.807, 2.05) is 4.90 Å². The number of β-lactam (4-membered cyclic amide) rings is 1. The molecule has 5 rings (SSSR count). The molecule has 1 aromatic rings. The maximum atomic E-state index is 12.8. The smallest absolute Gasteiger partial charge is 0.352 e. The van der Waals surface area contributed by atoms with Gasteiger partial charge >= 0.3 is 5.97 Å². The molecule has 0 unspecified atom stereocenters. The van der Waals surface area contributed by atoms with Gasteiger partial charge in [-0.15, -0.1) is 16.9 Å². The molecule has 2 saturated heterocycles. The first kappa shape index (κ1) is 25.3. The van der Waals surface area contributed by atoms with Crippen LogP contribution in [0.25, 0.3) is 0 Å². The van der Waals surface area contributed by atoms with Crippen LogP contribution >= 0.6 is 23.5 Å². The monoisotopic (exact) mass is 513 g/mol. The van der Waals surface area contributed by atoms with Gasteiger partial charge in [0.2, 0.25) is 11.8 Å². The van der Waals surface area contributed by atoms with Crippen molar-refractivity contribution in [3.8, 4) is 0 Å². The van der Waals surface area contributed by atoms with Crippen LogP contribution in [0.3, 0.4) is 0 Å². The first-order chi connectivity index (χ1) is 15.9. The maximum Gasteiger partial charge on any atom is 0.352 e. The summed E-state index contributed by atoms with van der Waals surface area (Å²) in [5.74, 6) is -1.07. The van der Waals surface area contributed by atoms with E-state index < -0.39 is 23.3 Å². The predicted octanol–water partition coefficient (Wildman–Crippen LogP) is -0.177. The van der Waals surface area contributed by atoms with Crippen molar-refractivity contribution in [2.45, 2.75) is 35.7 Å². The normalized spacial score (nSPS) is 25.2. The van der Waals surface area contributed by atoms with Gasteiger partial charge in [-0.25, -0.2) is 4.79 Å².